The standard InChI is InChI=1S/C26H19F2N3O2/c27-23(28)25-30-29-24(33-25)18-10-11-19-14-31(26(32)21(19)13-18)22-7-2-1-6-20(22)17-5-3-4-16(12-17)15-8-9-15/h1-7,10-13,15,23H,8-9,14H2. The molecule has 1 aromatic heterocycles. The summed E-state index contributed by atoms with van der Waals surface area (Å²) in [5, 5.41) is 7.07. The molecule has 1 aliphatic carbocycles. The fourth-order valence-corrected chi connectivity index (χ4v) is 4.40. The normalized spacial score (nSPS) is 15.4. The molecule has 0 spiro atoms. The van der Waals surface area contributed by atoms with Gasteiger partial charge in [0.25, 0.3) is 11.8 Å². The first kappa shape index (κ1) is 19.8. The summed E-state index contributed by atoms with van der Waals surface area (Å²) in [5.41, 5.74) is 6.07. The van der Waals surface area contributed by atoms with Gasteiger partial charge in [0.2, 0.25) is 5.89 Å². The second-order valence-corrected chi connectivity index (χ2v) is 8.43. The Morgan fingerprint density at radius 2 is 1.76 bits per heavy atom. The molecule has 33 heavy (non-hydrogen) atoms. The molecular weight excluding hydrogens is 424 g/mol. The smallest absolute Gasteiger partial charge is 0.314 e. The average Bonchev–Trinajstić information content (AvgIpc) is 3.48. The van der Waals surface area contributed by atoms with Crippen molar-refractivity contribution >= 4 is 11.6 Å². The van der Waals surface area contributed by atoms with E-state index in [9.17, 15) is 13.6 Å². The molecule has 1 aliphatic heterocycles. The van der Waals surface area contributed by atoms with E-state index in [1.807, 2.05) is 30.3 Å². The molecule has 0 bridgehead atoms. The Balaban J connectivity index is 1.35. The summed E-state index contributed by atoms with van der Waals surface area (Å²) in [5.74, 6) is -0.271. The Bertz CT molecular complexity index is 1380. The number of fused-ring (bicyclic) bond motifs is 1. The minimum Gasteiger partial charge on any atom is -0.415 e. The van der Waals surface area contributed by atoms with E-state index in [0.717, 1.165) is 22.4 Å². The van der Waals surface area contributed by atoms with Gasteiger partial charge in [-0.2, -0.15) is 8.78 Å². The molecule has 7 heteroatoms. The fourth-order valence-electron chi connectivity index (χ4n) is 4.40. The van der Waals surface area contributed by atoms with Gasteiger partial charge in [-0.25, -0.2) is 0 Å². The van der Waals surface area contributed by atoms with Crippen molar-refractivity contribution in [3.63, 3.8) is 0 Å². The number of halogens is 2. The molecule has 0 saturated heterocycles. The van der Waals surface area contributed by atoms with Crippen LogP contribution in [0.5, 0.6) is 0 Å². The summed E-state index contributed by atoms with van der Waals surface area (Å²) in [6, 6.07) is 21.6. The first-order valence-electron chi connectivity index (χ1n) is 10.8. The van der Waals surface area contributed by atoms with Gasteiger partial charge in [-0.05, 0) is 53.6 Å². The molecule has 2 aliphatic rings. The lowest BCUT2D eigenvalue weighted by Gasteiger charge is -2.20. The third-order valence-corrected chi connectivity index (χ3v) is 6.23. The van der Waals surface area contributed by atoms with Crippen molar-refractivity contribution in [3.05, 3.63) is 89.3 Å². The first-order chi connectivity index (χ1) is 16.1. The number of carbonyl (C=O) groups excluding carboxylic acids is 1. The van der Waals surface area contributed by atoms with Crippen LogP contribution in [0.15, 0.2) is 71.1 Å². The zero-order valence-electron chi connectivity index (χ0n) is 17.5. The van der Waals surface area contributed by atoms with Crippen LogP contribution in [0, 0.1) is 0 Å². The van der Waals surface area contributed by atoms with Gasteiger partial charge in [0.1, 0.15) is 0 Å². The summed E-state index contributed by atoms with van der Waals surface area (Å²) in [6.07, 6.45) is -0.383. The maximum atomic E-state index is 13.4. The molecule has 5 nitrogen and oxygen atoms in total. The highest BCUT2D eigenvalue weighted by Gasteiger charge is 2.31. The summed E-state index contributed by atoms with van der Waals surface area (Å²) in [7, 11) is 0. The maximum absolute atomic E-state index is 13.4. The molecule has 6 rings (SSSR count). The molecular formula is C26H19F2N3O2. The lowest BCUT2D eigenvalue weighted by molar-refractivity contribution is 0.0996. The topological polar surface area (TPSA) is 59.2 Å². The number of hydrogen-bond donors (Lipinski definition) is 0. The van der Waals surface area contributed by atoms with E-state index < -0.39 is 12.3 Å². The van der Waals surface area contributed by atoms with E-state index in [2.05, 4.69) is 34.5 Å². The number of hydrogen-bond acceptors (Lipinski definition) is 4. The van der Waals surface area contributed by atoms with Crippen LogP contribution in [0.25, 0.3) is 22.6 Å². The van der Waals surface area contributed by atoms with Crippen molar-refractivity contribution in [3.8, 4) is 22.6 Å². The van der Waals surface area contributed by atoms with Gasteiger partial charge < -0.3 is 9.32 Å². The van der Waals surface area contributed by atoms with Gasteiger partial charge in [0.05, 0.1) is 12.2 Å². The quantitative estimate of drug-likeness (QED) is 0.359. The van der Waals surface area contributed by atoms with Crippen molar-refractivity contribution < 1.29 is 18.0 Å². The molecule has 0 N–H and O–H groups in total. The fraction of sp³-hybridized carbons (Fsp3) is 0.192. The zero-order valence-corrected chi connectivity index (χ0v) is 17.5. The van der Waals surface area contributed by atoms with E-state index in [0.29, 0.717) is 23.6 Å². The van der Waals surface area contributed by atoms with Crippen LogP contribution in [-0.2, 0) is 6.54 Å². The highest BCUT2D eigenvalue weighted by molar-refractivity contribution is 6.12. The second-order valence-electron chi connectivity index (χ2n) is 8.43. The van der Waals surface area contributed by atoms with Crippen molar-refractivity contribution in [2.45, 2.75) is 31.7 Å². The SMILES string of the molecule is O=C1c2cc(-c3nnc(C(F)F)o3)ccc2CN1c1ccccc1-c1cccc(C2CC2)c1. The van der Waals surface area contributed by atoms with Gasteiger partial charge in [0.15, 0.2) is 0 Å². The number of benzene rings is 3. The van der Waals surface area contributed by atoms with E-state index >= 15 is 0 Å². The average molecular weight is 443 g/mol. The zero-order chi connectivity index (χ0) is 22.5. The Hall–Kier alpha value is -3.87. The van der Waals surface area contributed by atoms with Crippen molar-refractivity contribution in [2.75, 3.05) is 4.90 Å². The van der Waals surface area contributed by atoms with E-state index in [1.54, 1.807) is 17.0 Å². The highest BCUT2D eigenvalue weighted by atomic mass is 19.3. The number of nitrogens with zero attached hydrogens (tertiary/aromatic N) is 3. The molecule has 2 heterocycles. The lowest BCUT2D eigenvalue weighted by Crippen LogP contribution is -2.23. The first-order valence-corrected chi connectivity index (χ1v) is 10.8. The molecule has 1 amide bonds. The third kappa shape index (κ3) is 3.50. The van der Waals surface area contributed by atoms with E-state index in [4.69, 9.17) is 4.42 Å². The Morgan fingerprint density at radius 1 is 0.909 bits per heavy atom. The Kier molecular flexibility index (Phi) is 4.57. The molecule has 0 radical (unpaired) electrons. The van der Waals surface area contributed by atoms with Gasteiger partial charge in [-0.15, -0.1) is 10.2 Å². The largest absolute Gasteiger partial charge is 0.415 e. The molecule has 0 atom stereocenters. The number of carbonyl (C=O) groups is 1. The molecule has 0 unspecified atom stereocenters. The summed E-state index contributed by atoms with van der Waals surface area (Å²) < 4.78 is 30.7. The van der Waals surface area contributed by atoms with Crippen LogP contribution in [-0.4, -0.2) is 16.1 Å². The second kappa shape index (κ2) is 7.62. The van der Waals surface area contributed by atoms with Crippen LogP contribution in [0.3, 0.4) is 0 Å². The summed E-state index contributed by atoms with van der Waals surface area (Å²) in [6.45, 7) is 0.430. The Labute approximate surface area is 188 Å². The molecule has 3 aromatic carbocycles. The van der Waals surface area contributed by atoms with Crippen LogP contribution in [0.2, 0.25) is 0 Å². The van der Waals surface area contributed by atoms with Crippen molar-refractivity contribution in [1.29, 1.82) is 0 Å². The Morgan fingerprint density at radius 3 is 2.55 bits per heavy atom. The predicted octanol–water partition coefficient (Wildman–Crippen LogP) is 6.38. The van der Waals surface area contributed by atoms with E-state index in [1.165, 1.54) is 18.4 Å². The molecule has 1 fully saturated rings. The van der Waals surface area contributed by atoms with Crippen molar-refractivity contribution in [1.82, 2.24) is 10.2 Å². The number of anilines is 1. The highest BCUT2D eigenvalue weighted by Crippen LogP contribution is 2.43. The maximum Gasteiger partial charge on any atom is 0.314 e. The van der Waals surface area contributed by atoms with Gasteiger partial charge in [-0.1, -0.05) is 48.5 Å². The monoisotopic (exact) mass is 443 g/mol. The van der Waals surface area contributed by atoms with Crippen molar-refractivity contribution in [2.24, 2.45) is 0 Å². The van der Waals surface area contributed by atoms with Gasteiger partial charge >= 0.3 is 6.43 Å². The number of para-hydroxylation sites is 1. The minimum atomic E-state index is -2.84. The molecule has 164 valence electrons. The summed E-state index contributed by atoms with van der Waals surface area (Å²) >= 11 is 0. The molecule has 4 aromatic rings. The van der Waals surface area contributed by atoms with Crippen LogP contribution in [0.1, 0.15) is 52.6 Å². The van der Waals surface area contributed by atoms with Gasteiger partial charge in [0, 0.05) is 16.7 Å². The molecule has 1 saturated carbocycles. The number of aromatic nitrogens is 2. The van der Waals surface area contributed by atoms with Gasteiger partial charge in [-0.3, -0.25) is 4.79 Å². The van der Waals surface area contributed by atoms with Crippen LogP contribution >= 0.6 is 0 Å². The number of amides is 1. The summed E-state index contributed by atoms with van der Waals surface area (Å²) in [4.78, 5) is 15.2. The number of alkyl halides is 2. The number of rotatable bonds is 5. The predicted molar refractivity (Wildman–Crippen MR) is 119 cm³/mol. The minimum absolute atomic E-state index is 0.0309. The third-order valence-electron chi connectivity index (χ3n) is 6.23. The van der Waals surface area contributed by atoms with Crippen LogP contribution < -0.4 is 4.90 Å². The van der Waals surface area contributed by atoms with E-state index in [-0.39, 0.29) is 11.8 Å². The van der Waals surface area contributed by atoms with Crippen LogP contribution in [0.4, 0.5) is 14.5 Å². The lowest BCUT2D eigenvalue weighted by atomic mass is 9.99.